The predicted molar refractivity (Wildman–Crippen MR) is 116 cm³/mol. The fraction of sp³-hybridized carbons (Fsp3) is 0.632. The van der Waals surface area contributed by atoms with Crippen molar-refractivity contribution in [1.29, 1.82) is 0 Å². The SMILES string of the molecule is CN=C(NCC1CC1)N1CCN(Cc2cc(OC)ccc2OC)CC1.I. The van der Waals surface area contributed by atoms with Gasteiger partial charge in [0.05, 0.1) is 14.2 Å². The zero-order valence-corrected chi connectivity index (χ0v) is 18.4. The third kappa shape index (κ3) is 5.64. The average Bonchev–Trinajstić information content (AvgIpc) is 3.48. The average molecular weight is 474 g/mol. The number of methoxy groups -OCH3 is 2. The second-order valence-corrected chi connectivity index (χ2v) is 6.81. The van der Waals surface area contributed by atoms with Crippen molar-refractivity contribution in [3.8, 4) is 11.5 Å². The van der Waals surface area contributed by atoms with Crippen LogP contribution in [0.3, 0.4) is 0 Å². The van der Waals surface area contributed by atoms with Gasteiger partial charge in [-0.25, -0.2) is 0 Å². The second-order valence-electron chi connectivity index (χ2n) is 6.81. The molecular formula is C19H31IN4O2. The summed E-state index contributed by atoms with van der Waals surface area (Å²) in [5.41, 5.74) is 1.17. The molecule has 2 fully saturated rings. The van der Waals surface area contributed by atoms with Crippen molar-refractivity contribution in [1.82, 2.24) is 15.1 Å². The number of rotatable bonds is 6. The molecule has 1 saturated heterocycles. The number of benzene rings is 1. The van der Waals surface area contributed by atoms with Gasteiger partial charge in [-0.2, -0.15) is 0 Å². The summed E-state index contributed by atoms with van der Waals surface area (Å²) in [5, 5.41) is 3.52. The zero-order chi connectivity index (χ0) is 17.6. The van der Waals surface area contributed by atoms with E-state index < -0.39 is 0 Å². The lowest BCUT2D eigenvalue weighted by molar-refractivity contribution is 0.171. The van der Waals surface area contributed by atoms with Crippen LogP contribution in [0, 0.1) is 5.92 Å². The van der Waals surface area contributed by atoms with E-state index in [-0.39, 0.29) is 24.0 Å². The highest BCUT2D eigenvalue weighted by Crippen LogP contribution is 2.28. The van der Waals surface area contributed by atoms with Gasteiger partial charge in [0, 0.05) is 51.9 Å². The maximum absolute atomic E-state index is 5.50. The molecule has 0 aromatic heterocycles. The maximum atomic E-state index is 5.50. The zero-order valence-electron chi connectivity index (χ0n) is 16.0. The molecule has 0 atom stereocenters. The summed E-state index contributed by atoms with van der Waals surface area (Å²) in [4.78, 5) is 9.27. The molecule has 1 saturated carbocycles. The van der Waals surface area contributed by atoms with Crippen molar-refractivity contribution in [2.75, 3.05) is 54.0 Å². The maximum Gasteiger partial charge on any atom is 0.193 e. The number of aliphatic imine (C=N–C) groups is 1. The Morgan fingerprint density at radius 1 is 1.15 bits per heavy atom. The molecule has 1 aromatic rings. The first-order chi connectivity index (χ1) is 12.2. The fourth-order valence-corrected chi connectivity index (χ4v) is 3.25. The number of nitrogens with one attached hydrogen (secondary N) is 1. The van der Waals surface area contributed by atoms with Crippen LogP contribution in [0.1, 0.15) is 18.4 Å². The molecule has 146 valence electrons. The van der Waals surface area contributed by atoms with Crippen molar-refractivity contribution in [2.45, 2.75) is 19.4 Å². The van der Waals surface area contributed by atoms with Crippen molar-refractivity contribution >= 4 is 29.9 Å². The molecular weight excluding hydrogens is 443 g/mol. The molecule has 7 heteroatoms. The first kappa shape index (κ1) is 21.1. The fourth-order valence-electron chi connectivity index (χ4n) is 3.25. The van der Waals surface area contributed by atoms with Crippen LogP contribution >= 0.6 is 24.0 Å². The minimum Gasteiger partial charge on any atom is -0.497 e. The molecule has 0 spiro atoms. The predicted octanol–water partition coefficient (Wildman–Crippen LogP) is 2.42. The molecule has 0 amide bonds. The third-order valence-corrected chi connectivity index (χ3v) is 5.01. The van der Waals surface area contributed by atoms with Gasteiger partial charge in [-0.15, -0.1) is 24.0 Å². The number of ether oxygens (including phenoxy) is 2. The van der Waals surface area contributed by atoms with Gasteiger partial charge in [-0.1, -0.05) is 0 Å². The van der Waals surface area contributed by atoms with Crippen molar-refractivity contribution < 1.29 is 9.47 Å². The summed E-state index contributed by atoms with van der Waals surface area (Å²) in [6, 6.07) is 5.99. The van der Waals surface area contributed by atoms with Gasteiger partial charge in [-0.3, -0.25) is 9.89 Å². The molecule has 1 aliphatic heterocycles. The lowest BCUT2D eigenvalue weighted by Crippen LogP contribution is -2.52. The van der Waals surface area contributed by atoms with E-state index in [2.05, 4.69) is 26.2 Å². The Morgan fingerprint density at radius 3 is 2.46 bits per heavy atom. The van der Waals surface area contributed by atoms with Crippen LogP contribution in [0.5, 0.6) is 11.5 Å². The summed E-state index contributed by atoms with van der Waals surface area (Å²) in [7, 11) is 5.30. The van der Waals surface area contributed by atoms with E-state index in [1.54, 1.807) is 14.2 Å². The Hall–Kier alpha value is -1.22. The van der Waals surface area contributed by atoms with Gasteiger partial charge in [-0.05, 0) is 37.0 Å². The first-order valence-electron chi connectivity index (χ1n) is 9.12. The van der Waals surface area contributed by atoms with Crippen molar-refractivity contribution in [3.05, 3.63) is 23.8 Å². The highest BCUT2D eigenvalue weighted by molar-refractivity contribution is 14.0. The molecule has 26 heavy (non-hydrogen) atoms. The third-order valence-electron chi connectivity index (χ3n) is 5.01. The van der Waals surface area contributed by atoms with Crippen LogP contribution in [0.2, 0.25) is 0 Å². The minimum atomic E-state index is 0. The smallest absolute Gasteiger partial charge is 0.193 e. The largest absolute Gasteiger partial charge is 0.497 e. The van der Waals surface area contributed by atoms with Gasteiger partial charge < -0.3 is 19.7 Å². The van der Waals surface area contributed by atoms with Crippen LogP contribution in [0.4, 0.5) is 0 Å². The molecule has 1 aliphatic carbocycles. The Morgan fingerprint density at radius 2 is 1.88 bits per heavy atom. The molecule has 1 N–H and O–H groups in total. The monoisotopic (exact) mass is 474 g/mol. The molecule has 2 aliphatic rings. The van der Waals surface area contributed by atoms with Crippen LogP contribution in [-0.4, -0.2) is 69.8 Å². The Balaban J connectivity index is 0.00000243. The van der Waals surface area contributed by atoms with Gasteiger partial charge in [0.25, 0.3) is 0 Å². The number of nitrogens with zero attached hydrogens (tertiary/aromatic N) is 3. The van der Waals surface area contributed by atoms with Crippen molar-refractivity contribution in [2.24, 2.45) is 10.9 Å². The van der Waals surface area contributed by atoms with E-state index in [4.69, 9.17) is 9.47 Å². The normalized spacial score (nSPS) is 18.3. The summed E-state index contributed by atoms with van der Waals surface area (Å²) in [6.07, 6.45) is 2.72. The summed E-state index contributed by atoms with van der Waals surface area (Å²) < 4.78 is 10.9. The van der Waals surface area contributed by atoms with Crippen molar-refractivity contribution in [3.63, 3.8) is 0 Å². The molecule has 1 heterocycles. The lowest BCUT2D eigenvalue weighted by atomic mass is 10.1. The standard InChI is InChI=1S/C19H30N4O2.HI/c1-20-19(21-13-15-4-5-15)23-10-8-22(9-11-23)14-16-12-17(24-2)6-7-18(16)25-3;/h6-7,12,15H,4-5,8-11,13-14H2,1-3H3,(H,20,21);1H. The summed E-state index contributed by atoms with van der Waals surface area (Å²) in [5.74, 6) is 3.70. The van der Waals surface area contributed by atoms with E-state index in [1.165, 1.54) is 18.4 Å². The Kier molecular flexibility index (Phi) is 8.27. The molecule has 6 nitrogen and oxygen atoms in total. The second kappa shape index (κ2) is 10.2. The van der Waals surface area contributed by atoms with E-state index in [9.17, 15) is 0 Å². The Bertz CT molecular complexity index is 599. The van der Waals surface area contributed by atoms with E-state index >= 15 is 0 Å². The number of guanidine groups is 1. The van der Waals surface area contributed by atoms with Crippen LogP contribution in [0.25, 0.3) is 0 Å². The quantitative estimate of drug-likeness (QED) is 0.390. The lowest BCUT2D eigenvalue weighted by Gasteiger charge is -2.36. The minimum absolute atomic E-state index is 0. The van der Waals surface area contributed by atoms with Crippen LogP contribution in [0.15, 0.2) is 23.2 Å². The highest BCUT2D eigenvalue weighted by Gasteiger charge is 2.24. The molecule has 0 unspecified atom stereocenters. The summed E-state index contributed by atoms with van der Waals surface area (Å²) in [6.45, 7) is 5.97. The number of piperazine rings is 1. The van der Waals surface area contributed by atoms with Gasteiger partial charge in [0.2, 0.25) is 0 Å². The highest BCUT2D eigenvalue weighted by atomic mass is 127. The van der Waals surface area contributed by atoms with E-state index in [1.807, 2.05) is 19.2 Å². The van der Waals surface area contributed by atoms with Gasteiger partial charge >= 0.3 is 0 Å². The van der Waals surface area contributed by atoms with Crippen LogP contribution in [-0.2, 0) is 6.54 Å². The molecule has 1 aromatic carbocycles. The molecule has 0 bridgehead atoms. The van der Waals surface area contributed by atoms with Gasteiger partial charge in [0.1, 0.15) is 11.5 Å². The van der Waals surface area contributed by atoms with Crippen LogP contribution < -0.4 is 14.8 Å². The Labute approximate surface area is 173 Å². The topological polar surface area (TPSA) is 49.3 Å². The van der Waals surface area contributed by atoms with E-state index in [0.717, 1.165) is 62.6 Å². The van der Waals surface area contributed by atoms with Gasteiger partial charge in [0.15, 0.2) is 5.96 Å². The first-order valence-corrected chi connectivity index (χ1v) is 9.12. The summed E-state index contributed by atoms with van der Waals surface area (Å²) >= 11 is 0. The number of hydrogen-bond acceptors (Lipinski definition) is 4. The number of hydrogen-bond donors (Lipinski definition) is 1. The number of halogens is 1. The van der Waals surface area contributed by atoms with E-state index in [0.29, 0.717) is 0 Å². The molecule has 0 radical (unpaired) electrons. The molecule has 3 rings (SSSR count).